The molecule has 5 heteroatoms. The topological polar surface area (TPSA) is 60.2 Å². The molecule has 0 amide bonds. The molecule has 1 aromatic heterocycles. The number of hydrogen-bond donors (Lipinski definition) is 1. The van der Waals surface area contributed by atoms with Gasteiger partial charge in [0.15, 0.2) is 0 Å². The molecule has 0 aliphatic heterocycles. The van der Waals surface area contributed by atoms with Crippen LogP contribution in [0.15, 0.2) is 4.52 Å². The van der Waals surface area contributed by atoms with Gasteiger partial charge in [-0.1, -0.05) is 31.3 Å². The second-order valence-corrected chi connectivity index (χ2v) is 5.92. The smallest absolute Gasteiger partial charge is 0.228 e. The predicted molar refractivity (Wildman–Crippen MR) is 82.1 cm³/mol. The average molecular weight is 295 g/mol. The van der Waals surface area contributed by atoms with Gasteiger partial charge in [-0.2, -0.15) is 4.98 Å². The molecule has 2 atom stereocenters. The normalized spacial score (nSPS) is 19.0. The van der Waals surface area contributed by atoms with Crippen LogP contribution in [-0.4, -0.2) is 29.8 Å². The molecule has 0 aromatic carbocycles. The van der Waals surface area contributed by atoms with Crippen molar-refractivity contribution in [2.24, 2.45) is 5.92 Å². The monoisotopic (exact) mass is 295 g/mol. The molecule has 1 aliphatic rings. The van der Waals surface area contributed by atoms with Crippen LogP contribution < -0.4 is 5.32 Å². The van der Waals surface area contributed by atoms with Gasteiger partial charge in [-0.25, -0.2) is 0 Å². The molecule has 5 nitrogen and oxygen atoms in total. The summed E-state index contributed by atoms with van der Waals surface area (Å²) in [6.07, 6.45) is 8.09. The zero-order valence-corrected chi connectivity index (χ0v) is 13.6. The Morgan fingerprint density at radius 2 is 2.10 bits per heavy atom. The highest BCUT2D eigenvalue weighted by Gasteiger charge is 2.26. The Kier molecular flexibility index (Phi) is 6.64. The van der Waals surface area contributed by atoms with Crippen LogP contribution in [0.3, 0.4) is 0 Å². The van der Waals surface area contributed by atoms with E-state index >= 15 is 0 Å². The fourth-order valence-electron chi connectivity index (χ4n) is 3.28. The van der Waals surface area contributed by atoms with Crippen molar-refractivity contribution in [1.29, 1.82) is 0 Å². The van der Waals surface area contributed by atoms with Crippen molar-refractivity contribution in [3.05, 3.63) is 11.7 Å². The van der Waals surface area contributed by atoms with Gasteiger partial charge in [-0.15, -0.1) is 0 Å². The SMILES string of the molecule is CCCC(OCC)c1noc(CC(NC)C2CCCC2)n1. The number of likely N-dealkylation sites (N-methyl/N-ethyl adjacent to an activating group) is 1. The van der Waals surface area contributed by atoms with E-state index in [2.05, 4.69) is 22.4 Å². The van der Waals surface area contributed by atoms with Gasteiger partial charge >= 0.3 is 0 Å². The van der Waals surface area contributed by atoms with Gasteiger partial charge in [-0.3, -0.25) is 0 Å². The molecule has 2 unspecified atom stereocenters. The molecule has 1 saturated carbocycles. The largest absolute Gasteiger partial charge is 0.370 e. The van der Waals surface area contributed by atoms with Gasteiger partial charge in [0.05, 0.1) is 0 Å². The van der Waals surface area contributed by atoms with Gasteiger partial charge in [0.25, 0.3) is 0 Å². The third-order valence-electron chi connectivity index (χ3n) is 4.42. The van der Waals surface area contributed by atoms with Crippen LogP contribution in [0, 0.1) is 5.92 Å². The maximum Gasteiger partial charge on any atom is 0.228 e. The van der Waals surface area contributed by atoms with E-state index in [1.54, 1.807) is 0 Å². The zero-order valence-electron chi connectivity index (χ0n) is 13.6. The highest BCUT2D eigenvalue weighted by Crippen LogP contribution is 2.29. The Morgan fingerprint density at radius 1 is 1.33 bits per heavy atom. The number of hydrogen-bond acceptors (Lipinski definition) is 5. The summed E-state index contributed by atoms with van der Waals surface area (Å²) in [5.74, 6) is 2.18. The molecule has 21 heavy (non-hydrogen) atoms. The quantitative estimate of drug-likeness (QED) is 0.757. The van der Waals surface area contributed by atoms with Crippen LogP contribution in [0.5, 0.6) is 0 Å². The number of rotatable bonds is 9. The Bertz CT molecular complexity index is 396. The lowest BCUT2D eigenvalue weighted by atomic mass is 9.95. The lowest BCUT2D eigenvalue weighted by Gasteiger charge is -2.20. The van der Waals surface area contributed by atoms with Gasteiger partial charge < -0.3 is 14.6 Å². The standard InChI is InChI=1S/C16H29N3O2/c1-4-8-14(20-5-2)16-18-15(21-19-16)11-13(17-3)12-9-6-7-10-12/h12-14,17H,4-11H2,1-3H3. The van der Waals surface area contributed by atoms with E-state index < -0.39 is 0 Å². The maximum absolute atomic E-state index is 5.71. The Morgan fingerprint density at radius 3 is 2.71 bits per heavy atom. The van der Waals surface area contributed by atoms with Crippen LogP contribution in [0.2, 0.25) is 0 Å². The summed E-state index contributed by atoms with van der Waals surface area (Å²) in [5, 5.41) is 7.55. The molecule has 0 radical (unpaired) electrons. The highest BCUT2D eigenvalue weighted by molar-refractivity contribution is 4.95. The van der Waals surface area contributed by atoms with Crippen molar-refractivity contribution in [1.82, 2.24) is 15.5 Å². The molecule has 1 aliphatic carbocycles. The van der Waals surface area contributed by atoms with Crippen molar-refractivity contribution in [2.45, 2.75) is 70.9 Å². The second-order valence-electron chi connectivity index (χ2n) is 5.92. The first-order valence-electron chi connectivity index (χ1n) is 8.39. The highest BCUT2D eigenvalue weighted by atomic mass is 16.5. The third-order valence-corrected chi connectivity index (χ3v) is 4.42. The minimum absolute atomic E-state index is 0.0305. The van der Waals surface area contributed by atoms with E-state index in [4.69, 9.17) is 9.26 Å². The number of ether oxygens (including phenoxy) is 1. The minimum Gasteiger partial charge on any atom is -0.370 e. The van der Waals surface area contributed by atoms with Gasteiger partial charge in [-0.05, 0) is 39.2 Å². The lowest BCUT2D eigenvalue weighted by molar-refractivity contribution is 0.0477. The molecular formula is C16H29N3O2. The Hall–Kier alpha value is -0.940. The molecule has 0 bridgehead atoms. The summed E-state index contributed by atoms with van der Waals surface area (Å²) in [6, 6.07) is 0.442. The van der Waals surface area contributed by atoms with Gasteiger partial charge in [0.2, 0.25) is 11.7 Å². The van der Waals surface area contributed by atoms with Crippen LogP contribution in [0.25, 0.3) is 0 Å². The summed E-state index contributed by atoms with van der Waals surface area (Å²) < 4.78 is 11.2. The molecule has 0 saturated heterocycles. The van der Waals surface area contributed by atoms with Crippen LogP contribution in [-0.2, 0) is 11.2 Å². The first-order valence-corrected chi connectivity index (χ1v) is 8.39. The molecule has 1 N–H and O–H groups in total. The Balaban J connectivity index is 1.97. The van der Waals surface area contributed by atoms with Crippen molar-refractivity contribution in [2.75, 3.05) is 13.7 Å². The van der Waals surface area contributed by atoms with E-state index in [1.807, 2.05) is 14.0 Å². The van der Waals surface area contributed by atoms with Crippen molar-refractivity contribution in [3.63, 3.8) is 0 Å². The van der Waals surface area contributed by atoms with Gasteiger partial charge in [0.1, 0.15) is 6.10 Å². The van der Waals surface area contributed by atoms with Gasteiger partial charge in [0, 0.05) is 19.1 Å². The summed E-state index contributed by atoms with van der Waals surface area (Å²) in [6.45, 7) is 4.82. The van der Waals surface area contributed by atoms with Crippen molar-refractivity contribution < 1.29 is 9.26 Å². The zero-order chi connectivity index (χ0) is 15.1. The van der Waals surface area contributed by atoms with Crippen molar-refractivity contribution in [3.8, 4) is 0 Å². The Labute approximate surface area is 127 Å². The molecule has 1 aromatic rings. The van der Waals surface area contributed by atoms with E-state index in [9.17, 15) is 0 Å². The number of aromatic nitrogens is 2. The van der Waals surface area contributed by atoms with Crippen LogP contribution in [0.1, 0.15) is 70.2 Å². The van der Waals surface area contributed by atoms with E-state index in [-0.39, 0.29) is 6.10 Å². The fourth-order valence-corrected chi connectivity index (χ4v) is 3.28. The lowest BCUT2D eigenvalue weighted by Crippen LogP contribution is -2.34. The molecule has 1 heterocycles. The van der Waals surface area contributed by atoms with E-state index in [0.29, 0.717) is 18.5 Å². The molecular weight excluding hydrogens is 266 g/mol. The summed E-state index contributed by atoms with van der Waals surface area (Å²) in [4.78, 5) is 4.56. The number of nitrogens with one attached hydrogen (secondary N) is 1. The molecule has 1 fully saturated rings. The average Bonchev–Trinajstić information content (AvgIpc) is 3.16. The third kappa shape index (κ3) is 4.51. The first-order chi connectivity index (χ1) is 10.3. The molecule has 0 spiro atoms. The predicted octanol–water partition coefficient (Wildman–Crippen LogP) is 3.27. The maximum atomic E-state index is 5.71. The minimum atomic E-state index is -0.0305. The number of nitrogens with zero attached hydrogens (tertiary/aromatic N) is 2. The van der Waals surface area contributed by atoms with Crippen molar-refractivity contribution >= 4 is 0 Å². The van der Waals surface area contributed by atoms with Crippen LogP contribution >= 0.6 is 0 Å². The first kappa shape index (κ1) is 16.4. The fraction of sp³-hybridized carbons (Fsp3) is 0.875. The van der Waals surface area contributed by atoms with E-state index in [1.165, 1.54) is 25.7 Å². The molecule has 2 rings (SSSR count). The van der Waals surface area contributed by atoms with Crippen LogP contribution in [0.4, 0.5) is 0 Å². The summed E-state index contributed by atoms with van der Waals surface area (Å²) >= 11 is 0. The molecule has 120 valence electrons. The second kappa shape index (κ2) is 8.49. The van der Waals surface area contributed by atoms with E-state index in [0.717, 1.165) is 31.1 Å². The summed E-state index contributed by atoms with van der Waals surface area (Å²) in [7, 11) is 2.03. The summed E-state index contributed by atoms with van der Waals surface area (Å²) in [5.41, 5.74) is 0.